The predicted octanol–water partition coefficient (Wildman–Crippen LogP) is 4.47. The molecule has 1 N–H and O–H groups in total. The maximum Gasteiger partial charge on any atom is 0.306 e. The minimum atomic E-state index is -0.567. The summed E-state index contributed by atoms with van der Waals surface area (Å²) in [7, 11) is 0. The standard InChI is InChI=1S/C24H23NO4S/c1-17-12-14-21(30-17)20(26)13-15-23(28)29-16-22(27)25-24(18-8-4-2-5-9-18)19-10-6-3-7-11-19/h2-12,14,24H,13,15-16H2,1H3,(H,25,27). The molecule has 2 aromatic carbocycles. The van der Waals surface area contributed by atoms with Crippen LogP contribution >= 0.6 is 11.3 Å². The fourth-order valence-electron chi connectivity index (χ4n) is 2.99. The van der Waals surface area contributed by atoms with Gasteiger partial charge in [0, 0.05) is 11.3 Å². The second-order valence-electron chi connectivity index (χ2n) is 6.82. The first-order chi connectivity index (χ1) is 14.5. The van der Waals surface area contributed by atoms with Crippen molar-refractivity contribution in [3.05, 3.63) is 93.7 Å². The van der Waals surface area contributed by atoms with Crippen molar-refractivity contribution in [3.8, 4) is 0 Å². The molecule has 0 saturated heterocycles. The fourth-order valence-corrected chi connectivity index (χ4v) is 3.83. The maximum absolute atomic E-state index is 12.4. The third kappa shape index (κ3) is 6.12. The lowest BCUT2D eigenvalue weighted by molar-refractivity contribution is -0.148. The van der Waals surface area contributed by atoms with E-state index in [0.717, 1.165) is 16.0 Å². The third-order valence-electron chi connectivity index (χ3n) is 4.51. The summed E-state index contributed by atoms with van der Waals surface area (Å²) in [6, 6.07) is 22.5. The zero-order chi connectivity index (χ0) is 21.3. The summed E-state index contributed by atoms with van der Waals surface area (Å²) in [5, 5.41) is 2.92. The van der Waals surface area contributed by atoms with Crippen LogP contribution in [-0.2, 0) is 14.3 Å². The molecule has 0 saturated carbocycles. The van der Waals surface area contributed by atoms with E-state index in [2.05, 4.69) is 5.32 Å². The molecule has 1 amide bonds. The van der Waals surface area contributed by atoms with Crippen LogP contribution in [0.15, 0.2) is 72.8 Å². The number of aryl methyl sites for hydroxylation is 1. The van der Waals surface area contributed by atoms with E-state index in [1.807, 2.05) is 73.7 Å². The van der Waals surface area contributed by atoms with Crippen LogP contribution in [0.3, 0.4) is 0 Å². The van der Waals surface area contributed by atoms with Gasteiger partial charge >= 0.3 is 5.97 Å². The molecule has 0 aliphatic carbocycles. The van der Waals surface area contributed by atoms with Crippen LogP contribution in [-0.4, -0.2) is 24.3 Å². The highest BCUT2D eigenvalue weighted by molar-refractivity contribution is 7.14. The number of rotatable bonds is 9. The van der Waals surface area contributed by atoms with E-state index >= 15 is 0 Å². The molecule has 0 aliphatic rings. The van der Waals surface area contributed by atoms with Crippen LogP contribution in [0.4, 0.5) is 0 Å². The molecule has 0 fully saturated rings. The van der Waals surface area contributed by atoms with Crippen LogP contribution in [0.2, 0.25) is 0 Å². The number of Topliss-reactive ketones (excluding diaryl/α,β-unsaturated/α-hetero) is 1. The van der Waals surface area contributed by atoms with E-state index in [1.165, 1.54) is 11.3 Å². The van der Waals surface area contributed by atoms with Crippen LogP contribution < -0.4 is 5.32 Å². The van der Waals surface area contributed by atoms with Crippen LogP contribution in [0.1, 0.15) is 44.6 Å². The van der Waals surface area contributed by atoms with Gasteiger partial charge in [-0.15, -0.1) is 11.3 Å². The highest BCUT2D eigenvalue weighted by Gasteiger charge is 2.18. The van der Waals surface area contributed by atoms with Crippen molar-refractivity contribution in [1.82, 2.24) is 5.32 Å². The Labute approximate surface area is 179 Å². The molecule has 0 unspecified atom stereocenters. The second-order valence-corrected chi connectivity index (χ2v) is 8.10. The average Bonchev–Trinajstić information content (AvgIpc) is 3.22. The number of nitrogens with one attached hydrogen (secondary N) is 1. The van der Waals surface area contributed by atoms with Crippen molar-refractivity contribution >= 4 is 29.0 Å². The van der Waals surface area contributed by atoms with Crippen LogP contribution in [0.25, 0.3) is 0 Å². The van der Waals surface area contributed by atoms with E-state index in [4.69, 9.17) is 4.74 Å². The lowest BCUT2D eigenvalue weighted by Gasteiger charge is -2.19. The van der Waals surface area contributed by atoms with Gasteiger partial charge in [0.2, 0.25) is 0 Å². The Morgan fingerprint density at radius 1 is 0.867 bits per heavy atom. The first kappa shape index (κ1) is 21.5. The number of ketones is 1. The van der Waals surface area contributed by atoms with Gasteiger partial charge in [0.25, 0.3) is 5.91 Å². The quantitative estimate of drug-likeness (QED) is 0.409. The SMILES string of the molecule is Cc1ccc(C(=O)CCC(=O)OCC(=O)NC(c2ccccc2)c2ccccc2)s1. The Morgan fingerprint density at radius 3 is 2.00 bits per heavy atom. The number of hydrogen-bond donors (Lipinski definition) is 1. The molecule has 0 atom stereocenters. The molecule has 6 heteroatoms. The highest BCUT2D eigenvalue weighted by Crippen LogP contribution is 2.21. The van der Waals surface area contributed by atoms with Gasteiger partial charge in [-0.2, -0.15) is 0 Å². The zero-order valence-corrected chi connectivity index (χ0v) is 17.5. The number of esters is 1. The van der Waals surface area contributed by atoms with E-state index in [1.54, 1.807) is 6.07 Å². The van der Waals surface area contributed by atoms with E-state index in [-0.39, 0.29) is 31.3 Å². The van der Waals surface area contributed by atoms with Gasteiger partial charge in [0.15, 0.2) is 12.4 Å². The predicted molar refractivity (Wildman–Crippen MR) is 116 cm³/mol. The van der Waals surface area contributed by atoms with Crippen molar-refractivity contribution in [2.45, 2.75) is 25.8 Å². The topological polar surface area (TPSA) is 72.5 Å². The second kappa shape index (κ2) is 10.5. The van der Waals surface area contributed by atoms with Gasteiger partial charge < -0.3 is 10.1 Å². The summed E-state index contributed by atoms with van der Waals surface area (Å²) in [4.78, 5) is 38.1. The van der Waals surface area contributed by atoms with Crippen molar-refractivity contribution in [2.75, 3.05) is 6.61 Å². The molecule has 5 nitrogen and oxygen atoms in total. The first-order valence-electron chi connectivity index (χ1n) is 9.67. The lowest BCUT2D eigenvalue weighted by atomic mass is 9.99. The Balaban J connectivity index is 1.52. The number of benzene rings is 2. The molecular weight excluding hydrogens is 398 g/mol. The largest absolute Gasteiger partial charge is 0.456 e. The van der Waals surface area contributed by atoms with Gasteiger partial charge in [-0.05, 0) is 30.2 Å². The van der Waals surface area contributed by atoms with Gasteiger partial charge in [-0.1, -0.05) is 60.7 Å². The number of carbonyl (C=O) groups is 3. The summed E-state index contributed by atoms with van der Waals surface area (Å²) >= 11 is 1.40. The van der Waals surface area contributed by atoms with Crippen molar-refractivity contribution in [2.24, 2.45) is 0 Å². The minimum absolute atomic E-state index is 0.0517. The van der Waals surface area contributed by atoms with E-state index in [9.17, 15) is 14.4 Å². The van der Waals surface area contributed by atoms with Crippen molar-refractivity contribution < 1.29 is 19.1 Å². The molecule has 30 heavy (non-hydrogen) atoms. The molecule has 154 valence electrons. The van der Waals surface area contributed by atoms with Crippen LogP contribution in [0, 0.1) is 6.92 Å². The molecule has 3 aromatic rings. The third-order valence-corrected chi connectivity index (χ3v) is 5.55. The number of amides is 1. The lowest BCUT2D eigenvalue weighted by Crippen LogP contribution is -2.33. The Kier molecular flexibility index (Phi) is 7.51. The Morgan fingerprint density at radius 2 is 1.47 bits per heavy atom. The molecular formula is C24H23NO4S. The summed E-state index contributed by atoms with van der Waals surface area (Å²) in [6.45, 7) is 1.54. The smallest absolute Gasteiger partial charge is 0.306 e. The van der Waals surface area contributed by atoms with Gasteiger partial charge in [0.05, 0.1) is 17.3 Å². The molecule has 0 aliphatic heterocycles. The van der Waals surface area contributed by atoms with Gasteiger partial charge in [0.1, 0.15) is 0 Å². The zero-order valence-electron chi connectivity index (χ0n) is 16.7. The Hall–Kier alpha value is -3.25. The van der Waals surface area contributed by atoms with Gasteiger partial charge in [-0.3, -0.25) is 14.4 Å². The monoisotopic (exact) mass is 421 g/mol. The summed E-state index contributed by atoms with van der Waals surface area (Å²) in [5.41, 5.74) is 1.86. The van der Waals surface area contributed by atoms with Crippen molar-refractivity contribution in [3.63, 3.8) is 0 Å². The molecule has 1 aromatic heterocycles. The van der Waals surface area contributed by atoms with Gasteiger partial charge in [-0.25, -0.2) is 0 Å². The number of carbonyl (C=O) groups excluding carboxylic acids is 3. The van der Waals surface area contributed by atoms with Crippen LogP contribution in [0.5, 0.6) is 0 Å². The van der Waals surface area contributed by atoms with Crippen molar-refractivity contribution in [1.29, 1.82) is 0 Å². The molecule has 1 heterocycles. The average molecular weight is 422 g/mol. The molecule has 0 bridgehead atoms. The molecule has 3 rings (SSSR count). The molecule has 0 radical (unpaired) electrons. The highest BCUT2D eigenvalue weighted by atomic mass is 32.1. The summed E-state index contributed by atoms with van der Waals surface area (Å²) in [5.74, 6) is -1.06. The van der Waals surface area contributed by atoms with E-state index < -0.39 is 11.9 Å². The molecule has 0 spiro atoms. The fraction of sp³-hybridized carbons (Fsp3) is 0.208. The first-order valence-corrected chi connectivity index (χ1v) is 10.5. The number of ether oxygens (including phenoxy) is 1. The summed E-state index contributed by atoms with van der Waals surface area (Å²) < 4.78 is 5.07. The number of thiophene rings is 1. The normalized spacial score (nSPS) is 10.6. The van der Waals surface area contributed by atoms with E-state index in [0.29, 0.717) is 4.88 Å². The summed E-state index contributed by atoms with van der Waals surface area (Å²) in [6.07, 6.45) is 0.0148. The minimum Gasteiger partial charge on any atom is -0.456 e. The Bertz CT molecular complexity index is 959. The maximum atomic E-state index is 12.4. The number of hydrogen-bond acceptors (Lipinski definition) is 5.